The number of hydrogen-bond donors (Lipinski definition) is 1. The molecule has 2 N–H and O–H groups in total. The maximum Gasteiger partial charge on any atom is 0.257 e. The average molecular weight is 262 g/mol. The van der Waals surface area contributed by atoms with Gasteiger partial charge in [0.25, 0.3) is 5.91 Å². The van der Waals surface area contributed by atoms with Crippen molar-refractivity contribution in [3.05, 3.63) is 23.8 Å². The number of nitrogens with two attached hydrogens (primary N) is 1. The zero-order valence-electron chi connectivity index (χ0n) is 11.7. The lowest BCUT2D eigenvalue weighted by Crippen LogP contribution is -2.38. The van der Waals surface area contributed by atoms with Crippen LogP contribution in [0.4, 0.5) is 5.69 Å². The van der Waals surface area contributed by atoms with Gasteiger partial charge in [0.15, 0.2) is 0 Å². The van der Waals surface area contributed by atoms with Crippen LogP contribution in [0.5, 0.6) is 5.75 Å². The minimum atomic E-state index is -0.00366. The summed E-state index contributed by atoms with van der Waals surface area (Å²) in [6.07, 6.45) is 5.87. The van der Waals surface area contributed by atoms with Crippen LogP contribution in [-0.2, 0) is 0 Å². The highest BCUT2D eigenvalue weighted by atomic mass is 16.5. The molecule has 1 aromatic rings. The van der Waals surface area contributed by atoms with Crippen molar-refractivity contribution in [3.63, 3.8) is 0 Å². The van der Waals surface area contributed by atoms with Crippen LogP contribution in [-0.4, -0.2) is 31.0 Å². The summed E-state index contributed by atoms with van der Waals surface area (Å²) in [5, 5.41) is 0. The Morgan fingerprint density at radius 3 is 2.63 bits per heavy atom. The van der Waals surface area contributed by atoms with E-state index in [1.165, 1.54) is 19.3 Å². The molecule has 0 aromatic heterocycles. The Hall–Kier alpha value is -1.71. The van der Waals surface area contributed by atoms with Gasteiger partial charge in [-0.1, -0.05) is 19.3 Å². The molecule has 0 atom stereocenters. The third-order valence-corrected chi connectivity index (χ3v) is 3.90. The summed E-state index contributed by atoms with van der Waals surface area (Å²) < 4.78 is 5.26. The number of hydrogen-bond acceptors (Lipinski definition) is 3. The maximum atomic E-state index is 12.6. The van der Waals surface area contributed by atoms with E-state index in [0.29, 0.717) is 23.0 Å². The average Bonchev–Trinajstić information content (AvgIpc) is 2.46. The molecule has 0 heterocycles. The van der Waals surface area contributed by atoms with Crippen LogP contribution < -0.4 is 10.5 Å². The molecule has 0 radical (unpaired) electrons. The number of benzene rings is 1. The van der Waals surface area contributed by atoms with Crippen molar-refractivity contribution in [2.45, 2.75) is 38.1 Å². The standard InChI is InChI=1S/C15H22N2O2/c1-17(12-6-4-3-5-7-12)15(18)13-10-11(16)8-9-14(13)19-2/h8-10,12H,3-7,16H2,1-2H3. The van der Waals surface area contributed by atoms with Gasteiger partial charge in [-0.3, -0.25) is 4.79 Å². The van der Waals surface area contributed by atoms with E-state index in [0.717, 1.165) is 12.8 Å². The molecule has 0 spiro atoms. The number of carbonyl (C=O) groups is 1. The molecule has 0 bridgehead atoms. The molecular weight excluding hydrogens is 240 g/mol. The predicted octanol–water partition coefficient (Wildman–Crippen LogP) is 2.68. The van der Waals surface area contributed by atoms with Crippen LogP contribution in [0, 0.1) is 0 Å². The molecule has 1 fully saturated rings. The summed E-state index contributed by atoms with van der Waals surface area (Å²) >= 11 is 0. The van der Waals surface area contributed by atoms with Crippen molar-refractivity contribution < 1.29 is 9.53 Å². The van der Waals surface area contributed by atoms with Crippen LogP contribution in [0.25, 0.3) is 0 Å². The summed E-state index contributed by atoms with van der Waals surface area (Å²) in [7, 11) is 3.45. The van der Waals surface area contributed by atoms with Gasteiger partial charge in [0.1, 0.15) is 5.75 Å². The second-order valence-corrected chi connectivity index (χ2v) is 5.17. The van der Waals surface area contributed by atoms with Gasteiger partial charge in [-0.15, -0.1) is 0 Å². The predicted molar refractivity (Wildman–Crippen MR) is 76.4 cm³/mol. The van der Waals surface area contributed by atoms with Crippen molar-refractivity contribution in [3.8, 4) is 5.75 Å². The van der Waals surface area contributed by atoms with E-state index in [1.54, 1.807) is 25.3 Å². The van der Waals surface area contributed by atoms with Crippen LogP contribution >= 0.6 is 0 Å². The van der Waals surface area contributed by atoms with Crippen molar-refractivity contribution >= 4 is 11.6 Å². The largest absolute Gasteiger partial charge is 0.496 e. The molecule has 1 aliphatic carbocycles. The van der Waals surface area contributed by atoms with Gasteiger partial charge in [-0.2, -0.15) is 0 Å². The lowest BCUT2D eigenvalue weighted by atomic mass is 9.94. The molecule has 4 heteroatoms. The van der Waals surface area contributed by atoms with Crippen LogP contribution in [0.15, 0.2) is 18.2 Å². The zero-order valence-corrected chi connectivity index (χ0v) is 11.7. The van der Waals surface area contributed by atoms with E-state index in [2.05, 4.69) is 0 Å². The normalized spacial score (nSPS) is 16.1. The highest BCUT2D eigenvalue weighted by Crippen LogP contribution is 2.26. The SMILES string of the molecule is COc1ccc(N)cc1C(=O)N(C)C1CCCCC1. The lowest BCUT2D eigenvalue weighted by molar-refractivity contribution is 0.0693. The highest BCUT2D eigenvalue weighted by Gasteiger charge is 2.24. The van der Waals surface area contributed by atoms with Crippen molar-refractivity contribution in [1.29, 1.82) is 0 Å². The van der Waals surface area contributed by atoms with Gasteiger partial charge in [-0.25, -0.2) is 0 Å². The number of amides is 1. The van der Waals surface area contributed by atoms with Gasteiger partial charge in [0, 0.05) is 18.8 Å². The molecule has 4 nitrogen and oxygen atoms in total. The Balaban J connectivity index is 2.20. The molecule has 0 saturated heterocycles. The number of methoxy groups -OCH3 is 1. The monoisotopic (exact) mass is 262 g/mol. The molecular formula is C15H22N2O2. The molecule has 1 aromatic carbocycles. The van der Waals surface area contributed by atoms with E-state index >= 15 is 0 Å². The fraction of sp³-hybridized carbons (Fsp3) is 0.533. The molecule has 1 aliphatic rings. The van der Waals surface area contributed by atoms with Gasteiger partial charge in [0.05, 0.1) is 12.7 Å². The molecule has 2 rings (SSSR count). The first-order chi connectivity index (χ1) is 9.13. The number of ether oxygens (including phenoxy) is 1. The minimum Gasteiger partial charge on any atom is -0.496 e. The maximum absolute atomic E-state index is 12.6. The van der Waals surface area contributed by atoms with Crippen molar-refractivity contribution in [1.82, 2.24) is 4.90 Å². The minimum absolute atomic E-state index is 0.00366. The molecule has 19 heavy (non-hydrogen) atoms. The third-order valence-electron chi connectivity index (χ3n) is 3.90. The number of nitrogen functional groups attached to an aromatic ring is 1. The van der Waals surface area contributed by atoms with Crippen LogP contribution in [0.1, 0.15) is 42.5 Å². The van der Waals surface area contributed by atoms with E-state index in [1.807, 2.05) is 11.9 Å². The number of carbonyl (C=O) groups excluding carboxylic acids is 1. The van der Waals surface area contributed by atoms with E-state index in [9.17, 15) is 4.79 Å². The number of rotatable bonds is 3. The third kappa shape index (κ3) is 3.00. The lowest BCUT2D eigenvalue weighted by Gasteiger charge is -2.31. The van der Waals surface area contributed by atoms with E-state index in [-0.39, 0.29) is 5.91 Å². The zero-order chi connectivity index (χ0) is 13.8. The summed E-state index contributed by atoms with van der Waals surface area (Å²) in [5.74, 6) is 0.581. The summed E-state index contributed by atoms with van der Waals surface area (Å²) in [5.41, 5.74) is 6.91. The second-order valence-electron chi connectivity index (χ2n) is 5.17. The first-order valence-electron chi connectivity index (χ1n) is 6.84. The van der Waals surface area contributed by atoms with Crippen molar-refractivity contribution in [2.75, 3.05) is 19.9 Å². The van der Waals surface area contributed by atoms with E-state index < -0.39 is 0 Å². The molecule has 0 unspecified atom stereocenters. The summed E-state index contributed by atoms with van der Waals surface area (Å²) in [6, 6.07) is 5.53. The topological polar surface area (TPSA) is 55.6 Å². The molecule has 1 amide bonds. The highest BCUT2D eigenvalue weighted by molar-refractivity contribution is 5.97. The Kier molecular flexibility index (Phi) is 4.30. The van der Waals surface area contributed by atoms with Gasteiger partial charge in [-0.05, 0) is 31.0 Å². The Morgan fingerprint density at radius 1 is 1.32 bits per heavy atom. The fourth-order valence-corrected chi connectivity index (χ4v) is 2.72. The first-order valence-corrected chi connectivity index (χ1v) is 6.84. The summed E-state index contributed by atoms with van der Waals surface area (Å²) in [4.78, 5) is 14.4. The smallest absolute Gasteiger partial charge is 0.257 e. The number of nitrogens with zero attached hydrogens (tertiary/aromatic N) is 1. The van der Waals surface area contributed by atoms with Gasteiger partial charge >= 0.3 is 0 Å². The number of anilines is 1. The Bertz CT molecular complexity index is 453. The van der Waals surface area contributed by atoms with Crippen molar-refractivity contribution in [2.24, 2.45) is 0 Å². The molecule has 104 valence electrons. The summed E-state index contributed by atoms with van der Waals surface area (Å²) in [6.45, 7) is 0. The quantitative estimate of drug-likeness (QED) is 0.852. The molecule has 0 aliphatic heterocycles. The van der Waals surface area contributed by atoms with Crippen LogP contribution in [0.2, 0.25) is 0 Å². The van der Waals surface area contributed by atoms with Crippen LogP contribution in [0.3, 0.4) is 0 Å². The second kappa shape index (κ2) is 5.95. The van der Waals surface area contributed by atoms with E-state index in [4.69, 9.17) is 10.5 Å². The fourth-order valence-electron chi connectivity index (χ4n) is 2.72. The first kappa shape index (κ1) is 13.7. The Labute approximate surface area is 114 Å². The van der Waals surface area contributed by atoms with Gasteiger partial charge < -0.3 is 15.4 Å². The van der Waals surface area contributed by atoms with Gasteiger partial charge in [0.2, 0.25) is 0 Å². The molecule has 1 saturated carbocycles. The Morgan fingerprint density at radius 2 is 2.00 bits per heavy atom.